The molecule has 3 fully saturated rings. The van der Waals surface area contributed by atoms with Crippen molar-refractivity contribution in [1.82, 2.24) is 9.80 Å². The molecule has 3 aliphatic heterocycles. The number of rotatable bonds is 5. The Morgan fingerprint density at radius 1 is 0.800 bits per heavy atom. The summed E-state index contributed by atoms with van der Waals surface area (Å²) < 4.78 is 41.9. The molecule has 2 aromatic rings. The number of piperidine rings is 2. The van der Waals surface area contributed by atoms with Crippen LogP contribution in [-0.2, 0) is 10.4 Å². The second kappa shape index (κ2) is 11.6. The van der Waals surface area contributed by atoms with E-state index in [0.29, 0.717) is 35.3 Å². The van der Waals surface area contributed by atoms with Gasteiger partial charge >= 0.3 is 6.18 Å². The van der Waals surface area contributed by atoms with Crippen LogP contribution in [0.2, 0.25) is 5.02 Å². The van der Waals surface area contributed by atoms with Crippen LogP contribution in [-0.4, -0.2) is 72.2 Å². The van der Waals surface area contributed by atoms with Crippen LogP contribution < -0.4 is 4.90 Å². The number of benzene rings is 2. The molecule has 1 N–H and O–H groups in total. The molecule has 2 amide bonds. The van der Waals surface area contributed by atoms with Gasteiger partial charge in [-0.15, -0.1) is 0 Å². The molecular weight excluding hydrogens is 543 g/mol. The minimum atomic E-state index is -5.13. The van der Waals surface area contributed by atoms with Gasteiger partial charge in [0, 0.05) is 50.5 Å². The third-order valence-corrected chi connectivity index (χ3v) is 9.20. The highest BCUT2D eigenvalue weighted by Crippen LogP contribution is 2.42. The van der Waals surface area contributed by atoms with E-state index in [9.17, 15) is 27.9 Å². The minimum Gasteiger partial charge on any atom is -0.371 e. The Bertz CT molecular complexity index is 1210. The first-order valence-electron chi connectivity index (χ1n) is 14.1. The zero-order chi connectivity index (χ0) is 28.5. The van der Waals surface area contributed by atoms with Gasteiger partial charge in [0.25, 0.3) is 17.4 Å². The van der Waals surface area contributed by atoms with E-state index in [2.05, 4.69) is 4.90 Å². The second-order valence-electron chi connectivity index (χ2n) is 11.2. The molecule has 0 unspecified atom stereocenters. The van der Waals surface area contributed by atoms with Gasteiger partial charge in [-0.05, 0) is 68.6 Å². The Balaban J connectivity index is 1.16. The Kier molecular flexibility index (Phi) is 8.34. The summed E-state index contributed by atoms with van der Waals surface area (Å²) in [6.07, 6.45) is 0.000959. The van der Waals surface area contributed by atoms with Gasteiger partial charge in [0.2, 0.25) is 0 Å². The Hall–Kier alpha value is -2.78. The molecule has 2 aromatic carbocycles. The SMILES string of the molecule is O=C(c1ccc(N2CCC(C3CCN(C(=O)[C@](O)(c4ccccc4)C(F)(F)F)CC3)CC2)cc1Cl)N1CCCC1. The number of aliphatic hydroxyl groups is 1. The number of carbonyl (C=O) groups is 2. The van der Waals surface area contributed by atoms with Crippen LogP contribution in [0, 0.1) is 11.8 Å². The fourth-order valence-electron chi connectivity index (χ4n) is 6.48. The lowest BCUT2D eigenvalue weighted by Gasteiger charge is -2.42. The highest BCUT2D eigenvalue weighted by Gasteiger charge is 2.62. The molecule has 40 heavy (non-hydrogen) atoms. The van der Waals surface area contributed by atoms with E-state index in [4.69, 9.17) is 11.6 Å². The summed E-state index contributed by atoms with van der Waals surface area (Å²) in [5, 5.41) is 11.1. The molecule has 0 spiro atoms. The predicted molar refractivity (Wildman–Crippen MR) is 147 cm³/mol. The van der Waals surface area contributed by atoms with Crippen molar-refractivity contribution in [2.75, 3.05) is 44.2 Å². The van der Waals surface area contributed by atoms with E-state index in [-0.39, 0.29) is 19.0 Å². The molecule has 0 aromatic heterocycles. The summed E-state index contributed by atoms with van der Waals surface area (Å²) in [4.78, 5) is 31.0. The molecule has 3 heterocycles. The molecule has 0 saturated carbocycles. The number of carbonyl (C=O) groups excluding carboxylic acids is 2. The lowest BCUT2D eigenvalue weighted by molar-refractivity contribution is -0.262. The average Bonchev–Trinajstić information content (AvgIpc) is 3.51. The van der Waals surface area contributed by atoms with Crippen LogP contribution >= 0.6 is 11.6 Å². The van der Waals surface area contributed by atoms with Crippen molar-refractivity contribution < 1.29 is 27.9 Å². The van der Waals surface area contributed by atoms with E-state index in [1.54, 1.807) is 6.07 Å². The van der Waals surface area contributed by atoms with Crippen LogP contribution in [0.3, 0.4) is 0 Å². The number of anilines is 1. The third kappa shape index (κ3) is 5.55. The van der Waals surface area contributed by atoms with E-state index in [1.165, 1.54) is 17.0 Å². The molecular formula is C30H35ClF3N3O3. The normalized spacial score (nSPS) is 21.0. The van der Waals surface area contributed by atoms with Gasteiger partial charge in [-0.2, -0.15) is 13.2 Å². The van der Waals surface area contributed by atoms with Gasteiger partial charge in [0.15, 0.2) is 0 Å². The number of amides is 2. The summed E-state index contributed by atoms with van der Waals surface area (Å²) in [6, 6.07) is 12.2. The lowest BCUT2D eigenvalue weighted by Crippen LogP contribution is -2.57. The third-order valence-electron chi connectivity index (χ3n) is 8.89. The molecule has 0 bridgehead atoms. The van der Waals surface area contributed by atoms with Gasteiger partial charge < -0.3 is 19.8 Å². The summed E-state index contributed by atoms with van der Waals surface area (Å²) in [6.45, 7) is 3.57. The minimum absolute atomic E-state index is 0.0185. The van der Waals surface area contributed by atoms with Crippen LogP contribution in [0.5, 0.6) is 0 Å². The van der Waals surface area contributed by atoms with E-state index >= 15 is 0 Å². The van der Waals surface area contributed by atoms with Gasteiger partial charge in [0.05, 0.1) is 10.6 Å². The molecule has 3 aliphatic rings. The maximum absolute atomic E-state index is 14.0. The standard InChI is InChI=1S/C30H35ClF3N3O3/c31-26-20-24(8-9-25(26)27(38)36-14-4-5-15-36)35-16-10-21(11-17-35)22-12-18-37(19-13-22)28(39)29(40,30(32,33)34)23-6-2-1-3-7-23/h1-3,6-9,20-22,40H,4-5,10-19H2/t29-/m1/s1. The first-order chi connectivity index (χ1) is 19.1. The van der Waals surface area contributed by atoms with Gasteiger partial charge in [0.1, 0.15) is 0 Å². The molecule has 3 saturated heterocycles. The van der Waals surface area contributed by atoms with Crippen molar-refractivity contribution in [3.63, 3.8) is 0 Å². The Labute approximate surface area is 237 Å². The smallest absolute Gasteiger partial charge is 0.371 e. The summed E-state index contributed by atoms with van der Waals surface area (Å²) in [5.41, 5.74) is -2.50. The van der Waals surface area contributed by atoms with Crippen molar-refractivity contribution >= 4 is 29.1 Å². The van der Waals surface area contributed by atoms with E-state index in [1.807, 2.05) is 23.1 Å². The number of hydrogen-bond acceptors (Lipinski definition) is 4. The van der Waals surface area contributed by atoms with Crippen LogP contribution in [0.4, 0.5) is 18.9 Å². The van der Waals surface area contributed by atoms with Crippen molar-refractivity contribution in [3.8, 4) is 0 Å². The van der Waals surface area contributed by atoms with Crippen molar-refractivity contribution in [3.05, 3.63) is 64.7 Å². The monoisotopic (exact) mass is 577 g/mol. The first-order valence-corrected chi connectivity index (χ1v) is 14.4. The molecule has 10 heteroatoms. The predicted octanol–water partition coefficient (Wildman–Crippen LogP) is 5.48. The number of halogens is 4. The van der Waals surface area contributed by atoms with Crippen LogP contribution in [0.15, 0.2) is 48.5 Å². The maximum Gasteiger partial charge on any atom is 0.430 e. The average molecular weight is 578 g/mol. The Morgan fingerprint density at radius 2 is 1.38 bits per heavy atom. The van der Waals surface area contributed by atoms with E-state index in [0.717, 1.165) is 69.7 Å². The zero-order valence-corrected chi connectivity index (χ0v) is 23.1. The number of alkyl halides is 3. The maximum atomic E-state index is 14.0. The number of likely N-dealkylation sites (tertiary alicyclic amines) is 2. The summed E-state index contributed by atoms with van der Waals surface area (Å²) in [5.74, 6) is -0.598. The van der Waals surface area contributed by atoms with Crippen molar-refractivity contribution in [1.29, 1.82) is 0 Å². The molecule has 0 radical (unpaired) electrons. The number of nitrogens with zero attached hydrogens (tertiary/aromatic N) is 3. The van der Waals surface area contributed by atoms with Gasteiger partial charge in [-0.25, -0.2) is 0 Å². The van der Waals surface area contributed by atoms with Gasteiger partial charge in [-0.1, -0.05) is 41.9 Å². The van der Waals surface area contributed by atoms with E-state index < -0.39 is 23.2 Å². The molecule has 5 rings (SSSR count). The van der Waals surface area contributed by atoms with Crippen molar-refractivity contribution in [2.24, 2.45) is 11.8 Å². The van der Waals surface area contributed by atoms with Crippen LogP contribution in [0.25, 0.3) is 0 Å². The molecule has 216 valence electrons. The highest BCUT2D eigenvalue weighted by atomic mass is 35.5. The first kappa shape index (κ1) is 28.7. The van der Waals surface area contributed by atoms with Gasteiger partial charge in [-0.3, -0.25) is 9.59 Å². The quantitative estimate of drug-likeness (QED) is 0.511. The largest absolute Gasteiger partial charge is 0.430 e. The zero-order valence-electron chi connectivity index (χ0n) is 22.4. The van der Waals surface area contributed by atoms with Crippen LogP contribution in [0.1, 0.15) is 54.4 Å². The second-order valence-corrected chi connectivity index (χ2v) is 11.6. The fourth-order valence-corrected chi connectivity index (χ4v) is 6.74. The highest BCUT2D eigenvalue weighted by molar-refractivity contribution is 6.34. The summed E-state index contributed by atoms with van der Waals surface area (Å²) >= 11 is 6.52. The fraction of sp³-hybridized carbons (Fsp3) is 0.533. The topological polar surface area (TPSA) is 64.1 Å². The Morgan fingerprint density at radius 3 is 1.93 bits per heavy atom. The lowest BCUT2D eigenvalue weighted by atomic mass is 9.78. The molecule has 6 nitrogen and oxygen atoms in total. The number of hydrogen-bond donors (Lipinski definition) is 1. The molecule has 1 atom stereocenters. The summed E-state index contributed by atoms with van der Waals surface area (Å²) in [7, 11) is 0. The van der Waals surface area contributed by atoms with Crippen molar-refractivity contribution in [2.45, 2.75) is 50.3 Å². The molecule has 0 aliphatic carbocycles.